The zero-order valence-corrected chi connectivity index (χ0v) is 9.72. The summed E-state index contributed by atoms with van der Waals surface area (Å²) in [5, 5.41) is 0.118. The molecule has 0 radical (unpaired) electrons. The standard InChI is InChI=1S/C11H20ClNO/c1-10(2)8-14-9-11(12)7-13-5-3-4-6-13/h11H,1,3-9H2,2H3. The summed E-state index contributed by atoms with van der Waals surface area (Å²) in [4.78, 5) is 2.40. The molecule has 0 aliphatic carbocycles. The van der Waals surface area contributed by atoms with Gasteiger partial charge in [-0.3, -0.25) is 0 Å². The second-order valence-corrected chi connectivity index (χ2v) is 4.69. The minimum Gasteiger partial charge on any atom is -0.376 e. The molecule has 1 aliphatic rings. The zero-order chi connectivity index (χ0) is 10.4. The number of ether oxygens (including phenoxy) is 1. The fraction of sp³-hybridized carbons (Fsp3) is 0.818. The molecule has 3 heteroatoms. The molecule has 14 heavy (non-hydrogen) atoms. The summed E-state index contributed by atoms with van der Waals surface area (Å²) >= 11 is 6.15. The summed E-state index contributed by atoms with van der Waals surface area (Å²) < 4.78 is 5.41. The van der Waals surface area contributed by atoms with E-state index in [1.54, 1.807) is 0 Å². The Morgan fingerprint density at radius 3 is 2.71 bits per heavy atom. The van der Waals surface area contributed by atoms with Crippen LogP contribution in [0.3, 0.4) is 0 Å². The van der Waals surface area contributed by atoms with Gasteiger partial charge in [0.15, 0.2) is 0 Å². The smallest absolute Gasteiger partial charge is 0.0696 e. The highest BCUT2D eigenvalue weighted by molar-refractivity contribution is 6.20. The molecule has 0 aromatic rings. The Balaban J connectivity index is 2.03. The molecule has 0 amide bonds. The molecule has 1 rings (SSSR count). The molecular weight excluding hydrogens is 198 g/mol. The molecule has 0 bridgehead atoms. The van der Waals surface area contributed by atoms with Crippen molar-refractivity contribution in [3.63, 3.8) is 0 Å². The van der Waals surface area contributed by atoms with Crippen molar-refractivity contribution in [2.75, 3.05) is 32.8 Å². The Hall–Kier alpha value is -0.0500. The third-order valence-electron chi connectivity index (χ3n) is 2.30. The largest absolute Gasteiger partial charge is 0.376 e. The number of nitrogens with zero attached hydrogens (tertiary/aromatic N) is 1. The third-order valence-corrected chi connectivity index (χ3v) is 2.57. The van der Waals surface area contributed by atoms with Gasteiger partial charge in [0.25, 0.3) is 0 Å². The second kappa shape index (κ2) is 6.44. The Morgan fingerprint density at radius 1 is 1.50 bits per heavy atom. The van der Waals surface area contributed by atoms with Crippen molar-refractivity contribution in [1.82, 2.24) is 4.90 Å². The average molecular weight is 218 g/mol. The van der Waals surface area contributed by atoms with Gasteiger partial charge in [-0.25, -0.2) is 0 Å². The second-order valence-electron chi connectivity index (χ2n) is 4.08. The van der Waals surface area contributed by atoms with Crippen molar-refractivity contribution in [2.24, 2.45) is 0 Å². The highest BCUT2D eigenvalue weighted by Gasteiger charge is 2.15. The zero-order valence-electron chi connectivity index (χ0n) is 8.97. The summed E-state index contributed by atoms with van der Waals surface area (Å²) in [7, 11) is 0. The SMILES string of the molecule is C=C(C)COCC(Cl)CN1CCCC1. The molecule has 1 unspecified atom stereocenters. The van der Waals surface area contributed by atoms with Crippen LogP contribution in [0.5, 0.6) is 0 Å². The fourth-order valence-corrected chi connectivity index (χ4v) is 1.94. The lowest BCUT2D eigenvalue weighted by Crippen LogP contribution is -2.29. The van der Waals surface area contributed by atoms with E-state index in [1.165, 1.54) is 25.9 Å². The lowest BCUT2D eigenvalue weighted by atomic mass is 10.4. The quantitative estimate of drug-likeness (QED) is 0.500. The molecule has 0 spiro atoms. The minimum absolute atomic E-state index is 0.118. The van der Waals surface area contributed by atoms with Crippen LogP contribution in [-0.4, -0.2) is 43.1 Å². The Bertz CT molecular complexity index is 178. The third kappa shape index (κ3) is 4.99. The van der Waals surface area contributed by atoms with E-state index < -0.39 is 0 Å². The minimum atomic E-state index is 0.118. The van der Waals surface area contributed by atoms with Crippen molar-refractivity contribution in [2.45, 2.75) is 25.1 Å². The number of hydrogen-bond acceptors (Lipinski definition) is 2. The molecule has 2 nitrogen and oxygen atoms in total. The first kappa shape index (κ1) is 12.0. The summed E-state index contributed by atoms with van der Waals surface area (Å²) in [5.41, 5.74) is 1.05. The molecule has 0 saturated carbocycles. The molecule has 0 aromatic carbocycles. The van der Waals surface area contributed by atoms with Crippen LogP contribution in [0.2, 0.25) is 0 Å². The van der Waals surface area contributed by atoms with Gasteiger partial charge in [-0.2, -0.15) is 0 Å². The Morgan fingerprint density at radius 2 is 2.14 bits per heavy atom. The van der Waals surface area contributed by atoms with Crippen LogP contribution in [0.25, 0.3) is 0 Å². The van der Waals surface area contributed by atoms with Gasteiger partial charge in [0.05, 0.1) is 18.6 Å². The summed E-state index contributed by atoms with van der Waals surface area (Å²) in [6.07, 6.45) is 2.63. The van der Waals surface area contributed by atoms with Gasteiger partial charge in [0, 0.05) is 6.54 Å². The van der Waals surface area contributed by atoms with Gasteiger partial charge < -0.3 is 9.64 Å². The van der Waals surface area contributed by atoms with E-state index in [0.29, 0.717) is 13.2 Å². The number of hydrogen-bond donors (Lipinski definition) is 0. The van der Waals surface area contributed by atoms with E-state index in [0.717, 1.165) is 12.1 Å². The Labute approximate surface area is 91.9 Å². The summed E-state index contributed by atoms with van der Waals surface area (Å²) in [5.74, 6) is 0. The van der Waals surface area contributed by atoms with Gasteiger partial charge in [0.2, 0.25) is 0 Å². The van der Waals surface area contributed by atoms with Crippen LogP contribution in [0.4, 0.5) is 0 Å². The lowest BCUT2D eigenvalue weighted by molar-refractivity contribution is 0.146. The normalized spacial score (nSPS) is 19.9. The average Bonchev–Trinajstić information content (AvgIpc) is 2.56. The van der Waals surface area contributed by atoms with Crippen molar-refractivity contribution in [1.29, 1.82) is 0 Å². The molecule has 1 aliphatic heterocycles. The first-order valence-electron chi connectivity index (χ1n) is 5.27. The van der Waals surface area contributed by atoms with Gasteiger partial charge >= 0.3 is 0 Å². The van der Waals surface area contributed by atoms with Crippen LogP contribution in [0.15, 0.2) is 12.2 Å². The summed E-state index contributed by atoms with van der Waals surface area (Å²) in [6.45, 7) is 10.3. The van der Waals surface area contributed by atoms with E-state index in [9.17, 15) is 0 Å². The van der Waals surface area contributed by atoms with Gasteiger partial charge in [0.1, 0.15) is 0 Å². The van der Waals surface area contributed by atoms with Crippen LogP contribution in [-0.2, 0) is 4.74 Å². The number of halogens is 1. The first-order valence-corrected chi connectivity index (χ1v) is 5.70. The molecule has 82 valence electrons. The van der Waals surface area contributed by atoms with Crippen LogP contribution < -0.4 is 0 Å². The maximum absolute atomic E-state index is 6.15. The lowest BCUT2D eigenvalue weighted by Gasteiger charge is -2.18. The highest BCUT2D eigenvalue weighted by atomic mass is 35.5. The van der Waals surface area contributed by atoms with E-state index in [1.807, 2.05) is 6.92 Å². The van der Waals surface area contributed by atoms with Crippen molar-refractivity contribution >= 4 is 11.6 Å². The molecule has 0 aromatic heterocycles. The number of rotatable bonds is 6. The highest BCUT2D eigenvalue weighted by Crippen LogP contribution is 2.10. The van der Waals surface area contributed by atoms with Gasteiger partial charge in [-0.1, -0.05) is 12.2 Å². The van der Waals surface area contributed by atoms with E-state index in [4.69, 9.17) is 16.3 Å². The summed E-state index contributed by atoms with van der Waals surface area (Å²) in [6, 6.07) is 0. The van der Waals surface area contributed by atoms with Crippen LogP contribution in [0.1, 0.15) is 19.8 Å². The maximum atomic E-state index is 6.15. The predicted octanol–water partition coefficient (Wildman–Crippen LogP) is 2.28. The van der Waals surface area contributed by atoms with Crippen molar-refractivity contribution in [3.8, 4) is 0 Å². The molecule has 1 heterocycles. The number of alkyl halides is 1. The van der Waals surface area contributed by atoms with Gasteiger partial charge in [-0.15, -0.1) is 11.6 Å². The molecule has 1 atom stereocenters. The Kier molecular flexibility index (Phi) is 5.53. The van der Waals surface area contributed by atoms with Gasteiger partial charge in [-0.05, 0) is 32.9 Å². The monoisotopic (exact) mass is 217 g/mol. The number of likely N-dealkylation sites (tertiary alicyclic amines) is 1. The molecular formula is C11H20ClNO. The van der Waals surface area contributed by atoms with Crippen molar-refractivity contribution < 1.29 is 4.74 Å². The van der Waals surface area contributed by atoms with E-state index >= 15 is 0 Å². The fourth-order valence-electron chi connectivity index (χ4n) is 1.66. The van der Waals surface area contributed by atoms with E-state index in [-0.39, 0.29) is 5.38 Å². The molecule has 1 fully saturated rings. The van der Waals surface area contributed by atoms with Crippen LogP contribution in [0, 0.1) is 0 Å². The molecule has 1 saturated heterocycles. The van der Waals surface area contributed by atoms with Crippen molar-refractivity contribution in [3.05, 3.63) is 12.2 Å². The topological polar surface area (TPSA) is 12.5 Å². The van der Waals surface area contributed by atoms with Crippen LogP contribution >= 0.6 is 11.6 Å². The van der Waals surface area contributed by atoms with E-state index in [2.05, 4.69) is 11.5 Å². The predicted molar refractivity (Wildman–Crippen MR) is 60.9 cm³/mol. The first-order chi connectivity index (χ1) is 6.68. The molecule has 0 N–H and O–H groups in total. The maximum Gasteiger partial charge on any atom is 0.0696 e.